The third-order valence-electron chi connectivity index (χ3n) is 6.92. The van der Waals surface area contributed by atoms with E-state index in [1.165, 1.54) is 12.8 Å². The van der Waals surface area contributed by atoms with Crippen LogP contribution in [-0.2, 0) is 9.53 Å². The predicted molar refractivity (Wildman–Crippen MR) is 127 cm³/mol. The molecule has 2 aliphatic heterocycles. The number of rotatable bonds is 7. The van der Waals surface area contributed by atoms with Crippen LogP contribution in [-0.4, -0.2) is 81.2 Å². The first-order valence-corrected chi connectivity index (χ1v) is 11.3. The van der Waals surface area contributed by atoms with Crippen LogP contribution in [0.3, 0.4) is 0 Å². The highest BCUT2D eigenvalue weighted by Crippen LogP contribution is 2.32. The first-order valence-electron chi connectivity index (χ1n) is 12.0. The van der Waals surface area contributed by atoms with Gasteiger partial charge in [-0.25, -0.2) is 0 Å². The highest BCUT2D eigenvalue weighted by molar-refractivity contribution is 5.97. The fraction of sp³-hybridized carbons (Fsp3) is 0.667. The van der Waals surface area contributed by atoms with E-state index in [1.807, 2.05) is 4.90 Å². The summed E-state index contributed by atoms with van der Waals surface area (Å²) < 4.78 is 17.9. The van der Waals surface area contributed by atoms with E-state index in [0.29, 0.717) is 30.3 Å². The first-order chi connectivity index (χ1) is 15.4. The lowest BCUT2D eigenvalue weighted by Gasteiger charge is -2.40. The van der Waals surface area contributed by atoms with E-state index in [9.17, 15) is 9.59 Å². The normalized spacial score (nSPS) is 20.6. The third-order valence-corrected chi connectivity index (χ3v) is 6.92. The Morgan fingerprint density at radius 1 is 1.06 bits per heavy atom. The SMILES string of the molecule is Cl.[2H]CO[C@H](C)[C@H](NC(=O)c1ccc(OC)cc1)C(=O)N1CCC(C2CCN(C)CC2)CC1. The van der Waals surface area contributed by atoms with Gasteiger partial charge >= 0.3 is 0 Å². The number of likely N-dealkylation sites (tertiary alicyclic amines) is 2. The van der Waals surface area contributed by atoms with Crippen molar-refractivity contribution in [3.8, 4) is 5.75 Å². The molecule has 7 nitrogen and oxygen atoms in total. The summed E-state index contributed by atoms with van der Waals surface area (Å²) >= 11 is 0. The summed E-state index contributed by atoms with van der Waals surface area (Å²) in [6.45, 7) is 5.46. The smallest absolute Gasteiger partial charge is 0.252 e. The molecule has 2 amide bonds. The second kappa shape index (κ2) is 12.4. The lowest BCUT2D eigenvalue weighted by molar-refractivity contribution is -0.138. The first kappa shape index (κ1) is 24.8. The van der Waals surface area contributed by atoms with Crippen molar-refractivity contribution in [3.63, 3.8) is 0 Å². The fourth-order valence-electron chi connectivity index (χ4n) is 4.73. The van der Waals surface area contributed by atoms with Gasteiger partial charge in [0.05, 0.1) is 14.6 Å². The zero-order chi connectivity index (χ0) is 23.1. The van der Waals surface area contributed by atoms with E-state index in [2.05, 4.69) is 17.3 Å². The molecule has 2 heterocycles. The summed E-state index contributed by atoms with van der Waals surface area (Å²) in [7, 11) is 3.49. The molecule has 1 N–H and O–H groups in total. The van der Waals surface area contributed by atoms with Crippen LogP contribution < -0.4 is 10.1 Å². The van der Waals surface area contributed by atoms with Crippen LogP contribution >= 0.6 is 12.4 Å². The fourth-order valence-corrected chi connectivity index (χ4v) is 4.73. The lowest BCUT2D eigenvalue weighted by Crippen LogP contribution is -2.55. The number of ether oxygens (including phenoxy) is 2. The molecule has 0 bridgehead atoms. The molecule has 0 saturated carbocycles. The molecule has 2 atom stereocenters. The van der Waals surface area contributed by atoms with Crippen LogP contribution in [0.25, 0.3) is 0 Å². The average Bonchev–Trinajstić information content (AvgIpc) is 2.82. The van der Waals surface area contributed by atoms with Crippen molar-refractivity contribution in [1.82, 2.24) is 15.1 Å². The summed E-state index contributed by atoms with van der Waals surface area (Å²) in [6.07, 6.45) is 3.90. The number of carbonyl (C=O) groups is 2. The molecule has 8 heteroatoms. The van der Waals surface area contributed by atoms with Gasteiger partial charge in [0.15, 0.2) is 0 Å². The van der Waals surface area contributed by atoms with Gasteiger partial charge in [-0.05, 0) is 88.8 Å². The Morgan fingerprint density at radius 3 is 2.16 bits per heavy atom. The lowest BCUT2D eigenvalue weighted by atomic mass is 9.79. The molecule has 0 unspecified atom stereocenters. The van der Waals surface area contributed by atoms with Gasteiger partial charge in [-0.15, -0.1) is 12.4 Å². The van der Waals surface area contributed by atoms with E-state index >= 15 is 0 Å². The van der Waals surface area contributed by atoms with E-state index in [0.717, 1.165) is 31.8 Å². The van der Waals surface area contributed by atoms with Gasteiger partial charge in [0, 0.05) is 25.7 Å². The number of nitrogens with zero attached hydrogens (tertiary/aromatic N) is 2. The Balaban J connectivity index is 0.00000385. The number of hydrogen-bond donors (Lipinski definition) is 1. The van der Waals surface area contributed by atoms with Gasteiger partial charge in [0.25, 0.3) is 5.91 Å². The van der Waals surface area contributed by atoms with Crippen LogP contribution in [0.15, 0.2) is 24.3 Å². The second-order valence-electron chi connectivity index (χ2n) is 8.85. The number of nitrogens with one attached hydrogen (secondary N) is 1. The van der Waals surface area contributed by atoms with Gasteiger partial charge < -0.3 is 24.6 Å². The maximum absolute atomic E-state index is 13.4. The Bertz CT molecular complexity index is 751. The quantitative estimate of drug-likeness (QED) is 0.666. The molecule has 1 aromatic rings. The standard InChI is InChI=1S/C24H37N3O4.ClH/c1-17(30-3)22(25-23(28)20-5-7-21(31-4)8-6-20)24(29)27-15-11-19(12-16-27)18-9-13-26(2)14-10-18;/h5-8,17-19,22H,9-16H2,1-4H3,(H,25,28);1H/t17-,22+;/m1./s1/i3D;. The zero-order valence-electron chi connectivity index (χ0n) is 20.4. The number of carbonyl (C=O) groups excluding carboxylic acids is 2. The van der Waals surface area contributed by atoms with Crippen LogP contribution in [0, 0.1) is 11.8 Å². The number of hydrogen-bond acceptors (Lipinski definition) is 5. The Labute approximate surface area is 199 Å². The van der Waals surface area contributed by atoms with Gasteiger partial charge in [-0.2, -0.15) is 0 Å². The summed E-state index contributed by atoms with van der Waals surface area (Å²) in [6, 6.07) is 5.93. The molecule has 0 aromatic heterocycles. The van der Waals surface area contributed by atoms with Crippen molar-refractivity contribution in [2.75, 3.05) is 47.4 Å². The van der Waals surface area contributed by atoms with Crippen LogP contribution in [0.2, 0.25) is 0 Å². The molecule has 0 spiro atoms. The third kappa shape index (κ3) is 6.59. The highest BCUT2D eigenvalue weighted by atomic mass is 35.5. The number of methoxy groups -OCH3 is 2. The zero-order valence-corrected chi connectivity index (χ0v) is 20.2. The van der Waals surface area contributed by atoms with Crippen molar-refractivity contribution < 1.29 is 20.4 Å². The van der Waals surface area contributed by atoms with Crippen molar-refractivity contribution in [1.29, 1.82) is 0 Å². The number of amides is 2. The van der Waals surface area contributed by atoms with Crippen LogP contribution in [0.5, 0.6) is 5.75 Å². The monoisotopic (exact) mass is 468 g/mol. The van der Waals surface area contributed by atoms with Crippen LogP contribution in [0.4, 0.5) is 0 Å². The largest absolute Gasteiger partial charge is 0.497 e. The van der Waals surface area contributed by atoms with Crippen LogP contribution in [0.1, 0.15) is 44.3 Å². The molecule has 2 aliphatic rings. The summed E-state index contributed by atoms with van der Waals surface area (Å²) in [4.78, 5) is 30.4. The highest BCUT2D eigenvalue weighted by Gasteiger charge is 2.35. The summed E-state index contributed by atoms with van der Waals surface area (Å²) in [5, 5.41) is 2.85. The van der Waals surface area contributed by atoms with Crippen molar-refractivity contribution in [2.24, 2.45) is 11.8 Å². The molecule has 3 rings (SSSR count). The Kier molecular flexibility index (Phi) is 9.63. The van der Waals surface area contributed by atoms with Crippen molar-refractivity contribution >= 4 is 24.2 Å². The van der Waals surface area contributed by atoms with Gasteiger partial charge in [-0.3, -0.25) is 9.59 Å². The topological polar surface area (TPSA) is 71.1 Å². The molecule has 0 aliphatic carbocycles. The molecule has 0 radical (unpaired) electrons. The van der Waals surface area contributed by atoms with Gasteiger partial charge in [0.2, 0.25) is 5.91 Å². The second-order valence-corrected chi connectivity index (χ2v) is 8.85. The van der Waals surface area contributed by atoms with Crippen molar-refractivity contribution in [2.45, 2.75) is 44.8 Å². The molecular formula is C24H38ClN3O4. The molecular weight excluding hydrogens is 430 g/mol. The minimum atomic E-state index is -0.824. The Hall–Kier alpha value is -1.83. The molecule has 1 aromatic carbocycles. The molecule has 32 heavy (non-hydrogen) atoms. The maximum Gasteiger partial charge on any atom is 0.252 e. The molecule has 2 fully saturated rings. The van der Waals surface area contributed by atoms with E-state index in [4.69, 9.17) is 10.8 Å². The van der Waals surface area contributed by atoms with Gasteiger partial charge in [-0.1, -0.05) is 0 Å². The minimum absolute atomic E-state index is 0. The number of benzene rings is 1. The van der Waals surface area contributed by atoms with Gasteiger partial charge in [0.1, 0.15) is 11.8 Å². The molecule has 180 valence electrons. The number of piperidine rings is 2. The summed E-state index contributed by atoms with van der Waals surface area (Å²) in [5.41, 5.74) is 0.447. The number of halogens is 1. The predicted octanol–water partition coefficient (Wildman–Crippen LogP) is 2.83. The molecule has 2 saturated heterocycles. The van der Waals surface area contributed by atoms with E-state index in [1.54, 1.807) is 38.3 Å². The van der Waals surface area contributed by atoms with Crippen molar-refractivity contribution in [3.05, 3.63) is 29.8 Å². The summed E-state index contributed by atoms with van der Waals surface area (Å²) in [5.74, 6) is 1.61. The Morgan fingerprint density at radius 2 is 1.62 bits per heavy atom. The van der Waals surface area contributed by atoms with E-state index < -0.39 is 12.1 Å². The minimum Gasteiger partial charge on any atom is -0.497 e. The average molecular weight is 469 g/mol. The van der Waals surface area contributed by atoms with E-state index in [-0.39, 0.29) is 31.3 Å². The maximum atomic E-state index is 13.4.